The van der Waals surface area contributed by atoms with E-state index in [1.807, 2.05) is 19.9 Å². The third-order valence-corrected chi connectivity index (χ3v) is 8.79. The van der Waals surface area contributed by atoms with Gasteiger partial charge in [0.2, 0.25) is 29.5 Å². The maximum atomic E-state index is 13.8. The standard InChI is InChI=1S/C40H56N12O9/c1-23(2)17-30(51-36(57)29(12-8-16-46-39(43)44)52-40(59)60-22-25-9-5-4-6-10-25)37(58)50-28(11-7-15-45-38(41)42)35(56)48-20-32(53)47-21-33(54)49-26-13-14-27-24(3)18-34(55)61-31(27)19-26/h4-6,9-10,13-14,18-19,23,28-30H,7-8,11-12,15-17,20-22H2,1-3H3,(H,47,53)(H,48,56)(H,49,54)(H,50,58)(H,51,57)(H,52,59)(H4,41,42,45)(H4,43,44,46)/t28-,29-,30-/m0/s1. The Hall–Kier alpha value is -7.19. The predicted molar refractivity (Wildman–Crippen MR) is 229 cm³/mol. The van der Waals surface area contributed by atoms with Gasteiger partial charge in [-0.05, 0) is 68.2 Å². The molecule has 0 unspecified atom stereocenters. The number of benzene rings is 2. The van der Waals surface area contributed by atoms with E-state index in [0.717, 1.165) is 5.56 Å². The number of nitrogens with zero attached hydrogens (tertiary/aromatic N) is 2. The molecule has 3 rings (SSSR count). The van der Waals surface area contributed by atoms with Crippen molar-refractivity contribution in [1.82, 2.24) is 26.6 Å². The lowest BCUT2D eigenvalue weighted by Gasteiger charge is -2.26. The van der Waals surface area contributed by atoms with Gasteiger partial charge in [0, 0.05) is 36.3 Å². The van der Waals surface area contributed by atoms with Crippen LogP contribution in [0.4, 0.5) is 10.5 Å². The summed E-state index contributed by atoms with van der Waals surface area (Å²) in [6.07, 6.45) is -0.0628. The fourth-order valence-electron chi connectivity index (χ4n) is 5.84. The third kappa shape index (κ3) is 18.1. The van der Waals surface area contributed by atoms with E-state index in [2.05, 4.69) is 41.9 Å². The van der Waals surface area contributed by atoms with Gasteiger partial charge in [0.15, 0.2) is 11.9 Å². The largest absolute Gasteiger partial charge is 0.445 e. The lowest BCUT2D eigenvalue weighted by molar-refractivity contribution is -0.133. The van der Waals surface area contributed by atoms with Crippen LogP contribution in [0.15, 0.2) is 73.8 Å². The molecule has 0 spiro atoms. The van der Waals surface area contributed by atoms with Gasteiger partial charge in [-0.25, -0.2) is 9.59 Å². The van der Waals surface area contributed by atoms with Crippen LogP contribution in [0.25, 0.3) is 11.0 Å². The zero-order valence-corrected chi connectivity index (χ0v) is 34.5. The van der Waals surface area contributed by atoms with Gasteiger partial charge in [0.1, 0.15) is 30.3 Å². The number of nitrogens with two attached hydrogens (primary N) is 4. The maximum absolute atomic E-state index is 13.8. The molecule has 3 atom stereocenters. The smallest absolute Gasteiger partial charge is 0.408 e. The molecule has 1 heterocycles. The van der Waals surface area contributed by atoms with E-state index in [4.69, 9.17) is 32.1 Å². The van der Waals surface area contributed by atoms with Gasteiger partial charge in [-0.1, -0.05) is 44.2 Å². The minimum Gasteiger partial charge on any atom is -0.445 e. The van der Waals surface area contributed by atoms with Crippen molar-refractivity contribution in [3.8, 4) is 0 Å². The average molecular weight is 849 g/mol. The number of anilines is 1. The molecule has 0 radical (unpaired) electrons. The number of carbonyl (C=O) groups is 6. The van der Waals surface area contributed by atoms with Crippen molar-refractivity contribution in [2.24, 2.45) is 38.8 Å². The number of alkyl carbamates (subject to hydrolysis) is 1. The lowest BCUT2D eigenvalue weighted by Crippen LogP contribution is -2.57. The van der Waals surface area contributed by atoms with Crippen molar-refractivity contribution in [2.75, 3.05) is 31.5 Å². The van der Waals surface area contributed by atoms with Crippen LogP contribution < -0.4 is 60.5 Å². The van der Waals surface area contributed by atoms with E-state index in [-0.39, 0.29) is 75.2 Å². The number of hydrogen-bond donors (Lipinski definition) is 10. The number of rotatable bonds is 23. The van der Waals surface area contributed by atoms with Crippen LogP contribution in [0, 0.1) is 12.8 Å². The Balaban J connectivity index is 1.65. The van der Waals surface area contributed by atoms with Crippen molar-refractivity contribution in [2.45, 2.75) is 77.6 Å². The molecule has 3 aromatic rings. The molecule has 330 valence electrons. The van der Waals surface area contributed by atoms with Gasteiger partial charge in [0.05, 0.1) is 13.1 Å². The summed E-state index contributed by atoms with van der Waals surface area (Å²) >= 11 is 0. The minimum atomic E-state index is -1.21. The fourth-order valence-corrected chi connectivity index (χ4v) is 5.84. The fraction of sp³-hybridized carbons (Fsp3) is 0.425. The number of guanidine groups is 2. The van der Waals surface area contributed by atoms with Crippen LogP contribution in [0.5, 0.6) is 0 Å². The highest BCUT2D eigenvalue weighted by molar-refractivity contribution is 5.98. The second kappa shape index (κ2) is 24.7. The molecule has 0 saturated heterocycles. The summed E-state index contributed by atoms with van der Waals surface area (Å²) in [6.45, 7) is 4.66. The van der Waals surface area contributed by atoms with Gasteiger partial charge >= 0.3 is 11.7 Å². The number of nitrogens with one attached hydrogen (secondary N) is 6. The zero-order valence-electron chi connectivity index (χ0n) is 34.5. The summed E-state index contributed by atoms with van der Waals surface area (Å²) < 4.78 is 10.5. The zero-order chi connectivity index (χ0) is 44.9. The van der Waals surface area contributed by atoms with Crippen molar-refractivity contribution in [3.05, 3.63) is 76.1 Å². The van der Waals surface area contributed by atoms with Crippen molar-refractivity contribution in [1.29, 1.82) is 0 Å². The molecular weight excluding hydrogens is 793 g/mol. The van der Waals surface area contributed by atoms with Gasteiger partial charge < -0.3 is 64.0 Å². The van der Waals surface area contributed by atoms with Crippen LogP contribution in [-0.2, 0) is 35.3 Å². The molecule has 0 aliphatic carbocycles. The molecule has 61 heavy (non-hydrogen) atoms. The monoisotopic (exact) mass is 848 g/mol. The van der Waals surface area contributed by atoms with Crippen molar-refractivity contribution in [3.63, 3.8) is 0 Å². The number of hydrogen-bond acceptors (Lipinski definition) is 11. The van der Waals surface area contributed by atoms with Crippen LogP contribution in [0.2, 0.25) is 0 Å². The summed E-state index contributed by atoms with van der Waals surface area (Å²) in [5, 5.41) is 16.1. The Bertz CT molecular complexity index is 2100. The van der Waals surface area contributed by atoms with E-state index in [0.29, 0.717) is 16.6 Å². The van der Waals surface area contributed by atoms with Gasteiger partial charge in [-0.2, -0.15) is 0 Å². The molecule has 0 fully saturated rings. The van der Waals surface area contributed by atoms with E-state index in [1.54, 1.807) is 43.3 Å². The van der Waals surface area contributed by atoms with Gasteiger partial charge in [-0.15, -0.1) is 0 Å². The molecule has 0 aliphatic rings. The summed E-state index contributed by atoms with van der Waals surface area (Å²) in [6, 6.07) is 11.5. The number of aliphatic imine (C=N–C) groups is 2. The first-order chi connectivity index (χ1) is 29.0. The predicted octanol–water partition coefficient (Wildman–Crippen LogP) is -0.310. The number of aryl methyl sites for hydroxylation is 1. The number of carbonyl (C=O) groups excluding carboxylic acids is 6. The van der Waals surface area contributed by atoms with Crippen molar-refractivity contribution < 1.29 is 37.9 Å². The highest BCUT2D eigenvalue weighted by Crippen LogP contribution is 2.20. The number of ether oxygens (including phenoxy) is 1. The van der Waals surface area contributed by atoms with E-state index in [9.17, 15) is 33.6 Å². The van der Waals surface area contributed by atoms with E-state index in [1.165, 1.54) is 12.1 Å². The third-order valence-electron chi connectivity index (χ3n) is 8.79. The maximum Gasteiger partial charge on any atom is 0.408 e. The van der Waals surface area contributed by atoms with Crippen LogP contribution in [-0.4, -0.2) is 91.9 Å². The van der Waals surface area contributed by atoms with Crippen molar-refractivity contribution >= 4 is 64.2 Å². The minimum absolute atomic E-state index is 0.0361. The molecule has 21 nitrogen and oxygen atoms in total. The first-order valence-electron chi connectivity index (χ1n) is 19.6. The summed E-state index contributed by atoms with van der Waals surface area (Å²) in [5.74, 6) is -3.86. The molecular formula is C40H56N12O9. The second-order valence-corrected chi connectivity index (χ2v) is 14.4. The summed E-state index contributed by atoms with van der Waals surface area (Å²) in [7, 11) is 0. The van der Waals surface area contributed by atoms with Gasteiger partial charge in [0.25, 0.3) is 0 Å². The topological polar surface area (TPSA) is 343 Å². The second-order valence-electron chi connectivity index (χ2n) is 14.4. The quantitative estimate of drug-likeness (QED) is 0.0254. The van der Waals surface area contributed by atoms with E-state index < -0.39 is 72.5 Å². The van der Waals surface area contributed by atoms with Gasteiger partial charge in [-0.3, -0.25) is 34.0 Å². The number of amides is 6. The Labute approximate surface area is 352 Å². The molecule has 21 heteroatoms. The van der Waals surface area contributed by atoms with Crippen LogP contribution in [0.1, 0.15) is 57.1 Å². The molecule has 2 aromatic carbocycles. The first kappa shape index (κ1) is 48.2. The summed E-state index contributed by atoms with van der Waals surface area (Å²) in [4.78, 5) is 98.5. The molecule has 0 saturated carbocycles. The average Bonchev–Trinajstić information content (AvgIpc) is 3.20. The Morgan fingerprint density at radius 2 is 1.31 bits per heavy atom. The lowest BCUT2D eigenvalue weighted by atomic mass is 10.0. The van der Waals surface area contributed by atoms with Crippen LogP contribution >= 0.6 is 0 Å². The normalized spacial score (nSPS) is 12.2. The Kier molecular flexibility index (Phi) is 19.5. The highest BCUT2D eigenvalue weighted by atomic mass is 16.5. The molecule has 0 aliphatic heterocycles. The molecule has 14 N–H and O–H groups in total. The summed E-state index contributed by atoms with van der Waals surface area (Å²) in [5.41, 5.74) is 23.2. The first-order valence-corrected chi connectivity index (χ1v) is 19.6. The Morgan fingerprint density at radius 3 is 1.93 bits per heavy atom. The van der Waals surface area contributed by atoms with E-state index >= 15 is 0 Å². The molecule has 0 bridgehead atoms. The van der Waals surface area contributed by atoms with Crippen LogP contribution in [0.3, 0.4) is 0 Å². The number of fused-ring (bicyclic) bond motifs is 1. The Morgan fingerprint density at radius 1 is 0.721 bits per heavy atom. The SMILES string of the molecule is Cc1cc(=O)oc2cc(NC(=O)CNC(=O)CNC(=O)[C@H](CCCN=C(N)N)NC(=O)[C@H](CC(C)C)NC(=O)[C@H](CCCN=C(N)N)NC(=O)OCc3ccccc3)ccc12. The molecule has 1 aromatic heterocycles. The highest BCUT2D eigenvalue weighted by Gasteiger charge is 2.30. The molecule has 6 amide bonds.